The summed E-state index contributed by atoms with van der Waals surface area (Å²) >= 11 is 0.702. The van der Waals surface area contributed by atoms with Crippen LogP contribution in [0.4, 0.5) is 5.00 Å². The molecule has 0 radical (unpaired) electrons. The molecule has 0 aliphatic carbocycles. The number of hydrogen-bond acceptors (Lipinski definition) is 7. The zero-order valence-corrected chi connectivity index (χ0v) is 13.2. The number of nitro groups is 1. The predicted octanol–water partition coefficient (Wildman–Crippen LogP) is 3.09. The lowest BCUT2D eigenvalue weighted by Crippen LogP contribution is -2.24. The molecule has 2 rings (SSSR count). The molecule has 120 valence electrons. The fourth-order valence-corrected chi connectivity index (χ4v) is 2.50. The number of ether oxygens (including phenoxy) is 2. The summed E-state index contributed by atoms with van der Waals surface area (Å²) in [6, 6.07) is 8.92. The van der Waals surface area contributed by atoms with Crippen molar-refractivity contribution in [3.8, 4) is 5.75 Å². The van der Waals surface area contributed by atoms with E-state index in [1.165, 1.54) is 26.2 Å². The van der Waals surface area contributed by atoms with Gasteiger partial charge in [-0.05, 0) is 37.3 Å². The first-order valence-corrected chi connectivity index (χ1v) is 7.37. The molecule has 23 heavy (non-hydrogen) atoms. The molecule has 0 N–H and O–H groups in total. The topological polar surface area (TPSA) is 95.7 Å². The maximum absolute atomic E-state index is 12.2. The van der Waals surface area contributed by atoms with E-state index in [2.05, 4.69) is 0 Å². The number of nitrogens with zero attached hydrogens (tertiary/aromatic N) is 1. The van der Waals surface area contributed by atoms with E-state index < -0.39 is 17.0 Å². The van der Waals surface area contributed by atoms with Crippen molar-refractivity contribution in [2.24, 2.45) is 0 Å². The van der Waals surface area contributed by atoms with Crippen molar-refractivity contribution in [3.05, 3.63) is 57.0 Å². The van der Waals surface area contributed by atoms with Gasteiger partial charge in [-0.1, -0.05) is 11.3 Å². The number of Topliss-reactive ketones (excluding diaryl/α,β-unsaturated/α-hetero) is 1. The van der Waals surface area contributed by atoms with Gasteiger partial charge in [0.1, 0.15) is 10.6 Å². The number of carbonyl (C=O) groups is 2. The van der Waals surface area contributed by atoms with Crippen molar-refractivity contribution in [2.45, 2.75) is 13.0 Å². The Hall–Kier alpha value is -2.74. The normalized spacial score (nSPS) is 11.6. The Bertz CT molecular complexity index is 737. The molecule has 0 bridgehead atoms. The monoisotopic (exact) mass is 335 g/mol. The average Bonchev–Trinajstić information content (AvgIpc) is 3.04. The van der Waals surface area contributed by atoms with Crippen molar-refractivity contribution in [2.75, 3.05) is 7.11 Å². The van der Waals surface area contributed by atoms with Gasteiger partial charge in [-0.3, -0.25) is 14.9 Å². The first-order chi connectivity index (χ1) is 10.9. The number of hydrogen-bond donors (Lipinski definition) is 0. The summed E-state index contributed by atoms with van der Waals surface area (Å²) in [4.78, 5) is 34.2. The maximum Gasteiger partial charge on any atom is 0.349 e. The molecule has 1 atom stereocenters. The third-order valence-corrected chi connectivity index (χ3v) is 4.02. The fourth-order valence-electron chi connectivity index (χ4n) is 1.80. The van der Waals surface area contributed by atoms with Gasteiger partial charge in [-0.2, -0.15) is 0 Å². The zero-order chi connectivity index (χ0) is 17.0. The zero-order valence-electron chi connectivity index (χ0n) is 12.3. The summed E-state index contributed by atoms with van der Waals surface area (Å²) in [5.41, 5.74) is 0.378. The van der Waals surface area contributed by atoms with Crippen molar-refractivity contribution < 1.29 is 24.0 Å². The van der Waals surface area contributed by atoms with E-state index in [0.29, 0.717) is 22.6 Å². The predicted molar refractivity (Wildman–Crippen MR) is 83.2 cm³/mol. The number of rotatable bonds is 6. The van der Waals surface area contributed by atoms with Crippen LogP contribution in [-0.4, -0.2) is 29.9 Å². The summed E-state index contributed by atoms with van der Waals surface area (Å²) in [6.07, 6.45) is -1.00. The van der Waals surface area contributed by atoms with Gasteiger partial charge < -0.3 is 9.47 Å². The fraction of sp³-hybridized carbons (Fsp3) is 0.200. The van der Waals surface area contributed by atoms with Gasteiger partial charge >= 0.3 is 11.0 Å². The van der Waals surface area contributed by atoms with Gasteiger partial charge in [0, 0.05) is 11.6 Å². The minimum absolute atomic E-state index is 0.0751. The van der Waals surface area contributed by atoms with Crippen LogP contribution in [-0.2, 0) is 4.74 Å². The molecule has 0 saturated heterocycles. The molecule has 1 heterocycles. The highest BCUT2D eigenvalue weighted by Crippen LogP contribution is 2.25. The largest absolute Gasteiger partial charge is 0.497 e. The smallest absolute Gasteiger partial charge is 0.349 e. The Balaban J connectivity index is 2.04. The van der Waals surface area contributed by atoms with Crippen LogP contribution in [0.3, 0.4) is 0 Å². The molecule has 0 unspecified atom stereocenters. The van der Waals surface area contributed by atoms with Gasteiger partial charge in [-0.15, -0.1) is 0 Å². The molecule has 1 aromatic carbocycles. The van der Waals surface area contributed by atoms with Crippen molar-refractivity contribution in [1.29, 1.82) is 0 Å². The van der Waals surface area contributed by atoms with Gasteiger partial charge in [0.05, 0.1) is 12.0 Å². The molecular formula is C15H13NO6S. The van der Waals surface area contributed by atoms with Gasteiger partial charge in [-0.25, -0.2) is 4.79 Å². The summed E-state index contributed by atoms with van der Waals surface area (Å²) in [5.74, 6) is -0.526. The second-order valence-electron chi connectivity index (χ2n) is 4.54. The first kappa shape index (κ1) is 16.6. The minimum atomic E-state index is -1.00. The SMILES string of the molecule is COc1ccc(C(=O)[C@H](C)OC(=O)c2ccc([N+](=O)[O-])s2)cc1. The molecule has 0 fully saturated rings. The average molecular weight is 335 g/mol. The lowest BCUT2D eigenvalue weighted by Gasteiger charge is -2.11. The molecule has 0 amide bonds. The van der Waals surface area contributed by atoms with Crippen LogP contribution in [0.5, 0.6) is 5.75 Å². The van der Waals surface area contributed by atoms with E-state index >= 15 is 0 Å². The number of carbonyl (C=O) groups excluding carboxylic acids is 2. The Kier molecular flexibility index (Phi) is 5.07. The number of methoxy groups -OCH3 is 1. The van der Waals surface area contributed by atoms with E-state index in [9.17, 15) is 19.7 Å². The molecule has 0 aliphatic rings. The highest BCUT2D eigenvalue weighted by molar-refractivity contribution is 7.17. The van der Waals surface area contributed by atoms with E-state index in [4.69, 9.17) is 9.47 Å². The van der Waals surface area contributed by atoms with Crippen LogP contribution < -0.4 is 4.74 Å². The van der Waals surface area contributed by atoms with E-state index in [0.717, 1.165) is 0 Å². The van der Waals surface area contributed by atoms with Crippen molar-refractivity contribution >= 4 is 28.1 Å². The third kappa shape index (κ3) is 3.92. The standard InChI is InChI=1S/C15H13NO6S/c1-9(14(17)10-3-5-11(21-2)6-4-10)22-15(18)12-7-8-13(23-12)16(19)20/h3-9H,1-2H3/t9-/m0/s1. The molecule has 8 heteroatoms. The third-order valence-electron chi connectivity index (χ3n) is 3.00. The molecular weight excluding hydrogens is 322 g/mol. The molecule has 7 nitrogen and oxygen atoms in total. The molecule has 2 aromatic rings. The van der Waals surface area contributed by atoms with E-state index in [1.54, 1.807) is 24.3 Å². The first-order valence-electron chi connectivity index (χ1n) is 6.56. The van der Waals surface area contributed by atoms with Gasteiger partial charge in [0.25, 0.3) is 0 Å². The van der Waals surface area contributed by atoms with Crippen LogP contribution in [0.25, 0.3) is 0 Å². The molecule has 1 aromatic heterocycles. The highest BCUT2D eigenvalue weighted by Gasteiger charge is 2.23. The van der Waals surface area contributed by atoms with Crippen molar-refractivity contribution in [3.63, 3.8) is 0 Å². The second kappa shape index (κ2) is 7.01. The molecule has 0 spiro atoms. The maximum atomic E-state index is 12.2. The van der Waals surface area contributed by atoms with Crippen molar-refractivity contribution in [1.82, 2.24) is 0 Å². The van der Waals surface area contributed by atoms with Gasteiger partial charge in [0.2, 0.25) is 5.78 Å². The van der Waals surface area contributed by atoms with Crippen LogP contribution in [0.15, 0.2) is 36.4 Å². The number of benzene rings is 1. The quantitative estimate of drug-likeness (QED) is 0.348. The lowest BCUT2D eigenvalue weighted by atomic mass is 10.1. The number of thiophene rings is 1. The minimum Gasteiger partial charge on any atom is -0.497 e. The van der Waals surface area contributed by atoms with Gasteiger partial charge in [0.15, 0.2) is 6.10 Å². The summed E-state index contributed by atoms with van der Waals surface area (Å²) in [7, 11) is 1.52. The van der Waals surface area contributed by atoms with Crippen LogP contribution in [0, 0.1) is 10.1 Å². The summed E-state index contributed by atoms with van der Waals surface area (Å²) in [5, 5.41) is 10.4. The van der Waals surface area contributed by atoms with Crippen LogP contribution in [0.2, 0.25) is 0 Å². The van der Waals surface area contributed by atoms with Crippen LogP contribution >= 0.6 is 11.3 Å². The number of esters is 1. The van der Waals surface area contributed by atoms with E-state index in [-0.39, 0.29) is 15.7 Å². The summed E-state index contributed by atoms with van der Waals surface area (Å²) < 4.78 is 10.1. The summed E-state index contributed by atoms with van der Waals surface area (Å²) in [6.45, 7) is 1.45. The Morgan fingerprint density at radius 2 is 1.83 bits per heavy atom. The second-order valence-corrected chi connectivity index (χ2v) is 5.60. The molecule has 0 aliphatic heterocycles. The van der Waals surface area contributed by atoms with Crippen LogP contribution in [0.1, 0.15) is 27.0 Å². The lowest BCUT2D eigenvalue weighted by molar-refractivity contribution is -0.380. The Morgan fingerprint density at radius 1 is 1.17 bits per heavy atom. The molecule has 0 saturated carbocycles. The Labute approximate surface area is 135 Å². The number of ketones is 1. The van der Waals surface area contributed by atoms with E-state index in [1.807, 2.05) is 0 Å². The highest BCUT2D eigenvalue weighted by atomic mass is 32.1. The Morgan fingerprint density at radius 3 is 2.35 bits per heavy atom.